The largest absolute Gasteiger partial charge is 0.457 e. The van der Waals surface area contributed by atoms with Crippen LogP contribution in [0.3, 0.4) is 0 Å². The summed E-state index contributed by atoms with van der Waals surface area (Å²) < 4.78 is 8.87. The van der Waals surface area contributed by atoms with Crippen molar-refractivity contribution < 1.29 is 4.74 Å². The van der Waals surface area contributed by atoms with Crippen molar-refractivity contribution in [2.24, 2.45) is 5.92 Å². The Morgan fingerprint density at radius 1 is 0.800 bits per heavy atom. The van der Waals surface area contributed by atoms with Gasteiger partial charge in [-0.05, 0) is 91.1 Å². The molecular weight excluding hydrogens is 554 g/mol. The van der Waals surface area contributed by atoms with Gasteiger partial charge in [0, 0.05) is 46.5 Å². The predicted molar refractivity (Wildman–Crippen MR) is 182 cm³/mol. The van der Waals surface area contributed by atoms with Crippen molar-refractivity contribution in [1.29, 1.82) is 0 Å². The lowest BCUT2D eigenvalue weighted by atomic mass is 9.76. The first-order valence-electron chi connectivity index (χ1n) is 16.1. The van der Waals surface area contributed by atoms with E-state index < -0.39 is 0 Å². The van der Waals surface area contributed by atoms with Crippen molar-refractivity contribution in [3.05, 3.63) is 109 Å². The van der Waals surface area contributed by atoms with Crippen LogP contribution < -0.4 is 14.5 Å². The Hall–Kier alpha value is -4.84. The Balaban J connectivity index is 1.08. The van der Waals surface area contributed by atoms with Gasteiger partial charge in [0.25, 0.3) is 0 Å². The zero-order valence-electron chi connectivity index (χ0n) is 26.1. The minimum absolute atomic E-state index is 0.0236. The van der Waals surface area contributed by atoms with Crippen LogP contribution in [0.2, 0.25) is 0 Å². The molecule has 6 heteroatoms. The van der Waals surface area contributed by atoms with Crippen molar-refractivity contribution in [2.75, 3.05) is 16.5 Å². The number of para-hydroxylation sites is 1. The van der Waals surface area contributed by atoms with Crippen LogP contribution in [0.5, 0.6) is 11.5 Å². The van der Waals surface area contributed by atoms with Gasteiger partial charge in [-0.3, -0.25) is 9.55 Å². The van der Waals surface area contributed by atoms with E-state index in [9.17, 15) is 0 Å². The summed E-state index contributed by atoms with van der Waals surface area (Å²) in [5.41, 5.74) is 7.41. The van der Waals surface area contributed by atoms with Gasteiger partial charge in [-0.15, -0.1) is 0 Å². The van der Waals surface area contributed by atoms with Crippen LogP contribution in [0.4, 0.5) is 17.1 Å². The molecule has 0 atom stereocenters. The molecule has 0 amide bonds. The van der Waals surface area contributed by atoms with Gasteiger partial charge in [-0.25, -0.2) is 4.98 Å². The quantitative estimate of drug-likeness (QED) is 0.200. The summed E-state index contributed by atoms with van der Waals surface area (Å²) in [4.78, 5) is 14.4. The second-order valence-electron chi connectivity index (χ2n) is 14.2. The molecule has 0 spiro atoms. The highest BCUT2D eigenvalue weighted by atomic mass is 16.5. The second kappa shape index (κ2) is 9.58. The van der Waals surface area contributed by atoms with Gasteiger partial charge >= 0.3 is 0 Å². The van der Waals surface area contributed by atoms with Crippen LogP contribution in [-0.2, 0) is 5.41 Å². The molecule has 10 rings (SSSR count). The number of hydrogen-bond donors (Lipinski definition) is 0. The molecule has 0 unspecified atom stereocenters. The number of aromatic nitrogens is 3. The minimum atomic E-state index is 0.0236. The van der Waals surface area contributed by atoms with Crippen LogP contribution in [0.15, 0.2) is 104 Å². The summed E-state index contributed by atoms with van der Waals surface area (Å²) in [6.07, 6.45) is 11.2. The maximum atomic E-state index is 6.60. The van der Waals surface area contributed by atoms with Crippen LogP contribution in [-0.4, -0.2) is 26.7 Å². The van der Waals surface area contributed by atoms with E-state index in [1.165, 1.54) is 53.4 Å². The highest BCUT2D eigenvalue weighted by molar-refractivity contribution is 6.09. The lowest BCUT2D eigenvalue weighted by Gasteiger charge is -2.47. The van der Waals surface area contributed by atoms with Gasteiger partial charge in [0.1, 0.15) is 17.3 Å². The smallest absolute Gasteiger partial charge is 0.137 e. The van der Waals surface area contributed by atoms with Crippen LogP contribution >= 0.6 is 0 Å². The van der Waals surface area contributed by atoms with Crippen LogP contribution in [0.25, 0.3) is 27.6 Å². The van der Waals surface area contributed by atoms with Crippen molar-refractivity contribution >= 4 is 38.9 Å². The summed E-state index contributed by atoms with van der Waals surface area (Å²) in [7, 11) is 0. The van der Waals surface area contributed by atoms with Gasteiger partial charge in [-0.1, -0.05) is 45.0 Å². The Labute approximate surface area is 263 Å². The Bertz CT molecular complexity index is 2100. The van der Waals surface area contributed by atoms with E-state index in [2.05, 4.69) is 119 Å². The Morgan fingerprint density at radius 3 is 2.49 bits per heavy atom. The Morgan fingerprint density at radius 2 is 1.64 bits per heavy atom. The fourth-order valence-corrected chi connectivity index (χ4v) is 8.11. The van der Waals surface area contributed by atoms with E-state index >= 15 is 0 Å². The minimum Gasteiger partial charge on any atom is -0.457 e. The summed E-state index contributed by atoms with van der Waals surface area (Å²) in [5.74, 6) is 3.44. The molecule has 3 aromatic heterocycles. The molecule has 6 nitrogen and oxygen atoms in total. The topological polar surface area (TPSA) is 46.4 Å². The van der Waals surface area contributed by atoms with Crippen molar-refractivity contribution in [1.82, 2.24) is 14.5 Å². The van der Waals surface area contributed by atoms with E-state index in [4.69, 9.17) is 9.72 Å². The number of ether oxygens (including phenoxy) is 1. The molecule has 6 aromatic rings. The molecule has 0 saturated heterocycles. The average Bonchev–Trinajstić information content (AvgIpc) is 3.81. The van der Waals surface area contributed by atoms with Crippen molar-refractivity contribution in [3.63, 3.8) is 0 Å². The molecule has 1 aliphatic heterocycles. The fraction of sp³-hybridized carbons (Fsp3) is 0.282. The predicted octanol–water partition coefficient (Wildman–Crippen LogP) is 9.52. The first-order valence-corrected chi connectivity index (χ1v) is 16.1. The number of hydrogen-bond acceptors (Lipinski definition) is 5. The molecule has 3 aliphatic carbocycles. The van der Waals surface area contributed by atoms with Gasteiger partial charge in [0.2, 0.25) is 0 Å². The third kappa shape index (κ3) is 4.15. The molecule has 4 heterocycles. The zero-order chi connectivity index (χ0) is 30.3. The number of benzene rings is 3. The molecule has 3 fully saturated rings. The van der Waals surface area contributed by atoms with E-state index in [-0.39, 0.29) is 5.41 Å². The SMILES string of the molecule is CC(C)(C)c1ccnc(-n2c3ccccc3c3ccc(Oc4cccc(N5CN(C67CCC(C6)C7)c6ccncc65)c4)cc32)c1. The molecular formula is C39H37N5O. The van der Waals surface area contributed by atoms with Crippen molar-refractivity contribution in [3.8, 4) is 17.3 Å². The second-order valence-corrected chi connectivity index (χ2v) is 14.2. The number of rotatable bonds is 5. The molecule has 3 aromatic carbocycles. The number of fused-ring (bicyclic) bond motifs is 5. The normalized spacial score (nSPS) is 20.6. The van der Waals surface area contributed by atoms with E-state index in [1.54, 1.807) is 0 Å². The van der Waals surface area contributed by atoms with Gasteiger partial charge in [-0.2, -0.15) is 0 Å². The van der Waals surface area contributed by atoms with E-state index in [0.717, 1.165) is 46.6 Å². The highest BCUT2D eigenvalue weighted by Gasteiger charge is 2.55. The first-order chi connectivity index (χ1) is 21.9. The standard InChI is InChI=1S/C39H37N5O/c1-38(2,3)27-14-18-41-37(19-27)44-33-10-5-4-9-31(33)32-12-11-30(21-35(32)44)45-29-8-6-7-28(20-29)42-25-43(34-15-17-40-24-36(34)42)39-16-13-26(22-39)23-39/h4-12,14-15,17-21,24,26H,13,16,22-23,25H2,1-3H3. The molecule has 3 saturated carbocycles. The monoisotopic (exact) mass is 591 g/mol. The van der Waals surface area contributed by atoms with Crippen molar-refractivity contribution in [2.45, 2.75) is 57.4 Å². The third-order valence-corrected chi connectivity index (χ3v) is 10.4. The molecule has 0 N–H and O–H groups in total. The fourth-order valence-electron chi connectivity index (χ4n) is 8.11. The summed E-state index contributed by atoms with van der Waals surface area (Å²) >= 11 is 0. The number of nitrogens with zero attached hydrogens (tertiary/aromatic N) is 5. The van der Waals surface area contributed by atoms with Crippen LogP contribution in [0, 0.1) is 5.92 Å². The van der Waals surface area contributed by atoms with Gasteiger partial charge < -0.3 is 14.5 Å². The lowest BCUT2D eigenvalue weighted by molar-refractivity contribution is 0.232. The third-order valence-electron chi connectivity index (χ3n) is 10.4. The summed E-state index contributed by atoms with van der Waals surface area (Å²) in [6, 6.07) is 29.9. The van der Waals surface area contributed by atoms with Gasteiger partial charge in [0.15, 0.2) is 0 Å². The van der Waals surface area contributed by atoms with E-state index in [0.29, 0.717) is 5.54 Å². The first kappa shape index (κ1) is 26.6. The molecule has 45 heavy (non-hydrogen) atoms. The molecule has 224 valence electrons. The van der Waals surface area contributed by atoms with Crippen LogP contribution in [0.1, 0.15) is 52.0 Å². The zero-order valence-corrected chi connectivity index (χ0v) is 26.1. The maximum Gasteiger partial charge on any atom is 0.137 e. The molecule has 2 bridgehead atoms. The highest BCUT2D eigenvalue weighted by Crippen LogP contribution is 2.59. The average molecular weight is 592 g/mol. The number of pyridine rings is 2. The molecule has 0 radical (unpaired) electrons. The lowest BCUT2D eigenvalue weighted by Crippen LogP contribution is -2.53. The summed E-state index contributed by atoms with van der Waals surface area (Å²) in [5, 5.41) is 2.38. The Kier molecular flexibility index (Phi) is 5.65. The maximum absolute atomic E-state index is 6.60. The number of anilines is 3. The summed E-state index contributed by atoms with van der Waals surface area (Å²) in [6.45, 7) is 7.57. The van der Waals surface area contributed by atoms with Gasteiger partial charge in [0.05, 0.1) is 35.3 Å². The molecule has 4 aliphatic rings. The van der Waals surface area contributed by atoms with E-state index in [1.807, 2.05) is 24.7 Å².